The predicted molar refractivity (Wildman–Crippen MR) is 140 cm³/mol. The van der Waals surface area contributed by atoms with E-state index in [-0.39, 0.29) is 18.0 Å². The van der Waals surface area contributed by atoms with Crippen LogP contribution in [0.3, 0.4) is 0 Å². The molecule has 2 aromatic carbocycles. The van der Waals surface area contributed by atoms with Crippen LogP contribution in [0.1, 0.15) is 44.1 Å². The molecular weight excluding hydrogens is 426 g/mol. The van der Waals surface area contributed by atoms with Crippen LogP contribution in [-0.2, 0) is 11.2 Å². The monoisotopic (exact) mass is 463 g/mol. The van der Waals surface area contributed by atoms with Crippen LogP contribution in [0.5, 0.6) is 0 Å². The van der Waals surface area contributed by atoms with Crippen LogP contribution in [0.25, 0.3) is 0 Å². The number of hydrogen-bond acceptors (Lipinski definition) is 5. The van der Waals surface area contributed by atoms with Gasteiger partial charge in [0.25, 0.3) is 0 Å². The van der Waals surface area contributed by atoms with E-state index in [1.54, 1.807) is 0 Å². The summed E-state index contributed by atoms with van der Waals surface area (Å²) in [6, 6.07) is 17.5. The lowest BCUT2D eigenvalue weighted by atomic mass is 9.80. The highest BCUT2D eigenvalue weighted by Gasteiger charge is 2.40. The summed E-state index contributed by atoms with van der Waals surface area (Å²) in [5.41, 5.74) is 3.95. The normalized spacial score (nSPS) is 22.9. The topological polar surface area (TPSA) is 35.6 Å². The minimum absolute atomic E-state index is 0.0144. The maximum atomic E-state index is 14.0. The van der Waals surface area contributed by atoms with Crippen molar-refractivity contribution in [1.82, 2.24) is 4.90 Å². The van der Waals surface area contributed by atoms with E-state index >= 15 is 0 Å². The summed E-state index contributed by atoms with van der Waals surface area (Å²) < 4.78 is 0. The molecule has 2 fully saturated rings. The first-order valence-electron chi connectivity index (χ1n) is 12.7. The first-order valence-corrected chi connectivity index (χ1v) is 14.0. The molecule has 2 atom stereocenters. The number of hydrogen-bond donors (Lipinski definition) is 1. The van der Waals surface area contributed by atoms with Gasteiger partial charge in [0.1, 0.15) is 0 Å². The fourth-order valence-electron chi connectivity index (χ4n) is 6.09. The number of nitrogens with zero attached hydrogens (tertiary/aromatic N) is 2. The van der Waals surface area contributed by atoms with Gasteiger partial charge >= 0.3 is 0 Å². The largest absolute Gasteiger partial charge is 0.380 e. The number of aryl methyl sites for hydroxylation is 1. The first kappa shape index (κ1) is 22.8. The van der Waals surface area contributed by atoms with Crippen LogP contribution < -0.4 is 10.2 Å². The summed E-state index contributed by atoms with van der Waals surface area (Å²) in [6.45, 7) is 3.86. The molecule has 33 heavy (non-hydrogen) atoms. The Morgan fingerprint density at radius 2 is 1.67 bits per heavy atom. The molecule has 2 aliphatic heterocycles. The molecule has 2 heterocycles. The fourth-order valence-corrected chi connectivity index (χ4v) is 6.71. The minimum Gasteiger partial charge on any atom is -0.380 e. The summed E-state index contributed by atoms with van der Waals surface area (Å²) in [7, 11) is 0. The number of piperazine rings is 1. The molecule has 1 saturated heterocycles. The smallest absolute Gasteiger partial charge is 0.155 e. The number of carbonyl (C=O) groups excluding carboxylic acids is 1. The van der Waals surface area contributed by atoms with Gasteiger partial charge in [0.2, 0.25) is 0 Å². The van der Waals surface area contributed by atoms with Crippen molar-refractivity contribution >= 4 is 28.9 Å². The highest BCUT2D eigenvalue weighted by molar-refractivity contribution is 7.98. The number of para-hydroxylation sites is 2. The number of benzene rings is 2. The molecule has 5 rings (SSSR count). The van der Waals surface area contributed by atoms with E-state index in [4.69, 9.17) is 0 Å². The van der Waals surface area contributed by atoms with Crippen molar-refractivity contribution in [3.8, 4) is 0 Å². The Balaban J connectivity index is 1.34. The van der Waals surface area contributed by atoms with Crippen LogP contribution in [0.2, 0.25) is 0 Å². The summed E-state index contributed by atoms with van der Waals surface area (Å²) >= 11 is 1.82. The Kier molecular flexibility index (Phi) is 7.27. The van der Waals surface area contributed by atoms with Crippen molar-refractivity contribution in [1.29, 1.82) is 0 Å². The molecule has 4 nitrogen and oxygen atoms in total. The SMILES string of the molecule is CSc1ccccc1N1CCN(C(C(=O)C2CCCCC2)C2CCc3ccccc3N2)CC1. The van der Waals surface area contributed by atoms with Gasteiger partial charge < -0.3 is 10.2 Å². The van der Waals surface area contributed by atoms with E-state index in [0.717, 1.165) is 51.9 Å². The highest BCUT2D eigenvalue weighted by atomic mass is 32.2. The van der Waals surface area contributed by atoms with Crippen molar-refractivity contribution < 1.29 is 4.79 Å². The van der Waals surface area contributed by atoms with Crippen LogP contribution in [-0.4, -0.2) is 55.2 Å². The van der Waals surface area contributed by atoms with Crippen LogP contribution in [0, 0.1) is 5.92 Å². The molecule has 0 bridgehead atoms. The quantitative estimate of drug-likeness (QED) is 0.575. The van der Waals surface area contributed by atoms with Gasteiger partial charge in [0.05, 0.1) is 11.7 Å². The molecule has 5 heteroatoms. The zero-order chi connectivity index (χ0) is 22.6. The Labute approximate surface area is 203 Å². The number of Topliss-reactive ketones (excluding diaryl/α,β-unsaturated/α-hetero) is 1. The molecule has 0 radical (unpaired) electrons. The van der Waals surface area contributed by atoms with E-state index in [2.05, 4.69) is 69.9 Å². The average molecular weight is 464 g/mol. The zero-order valence-corrected chi connectivity index (χ0v) is 20.7. The van der Waals surface area contributed by atoms with E-state index < -0.39 is 0 Å². The number of carbonyl (C=O) groups is 1. The summed E-state index contributed by atoms with van der Waals surface area (Å²) in [6.07, 6.45) is 10.1. The average Bonchev–Trinajstić information content (AvgIpc) is 2.89. The van der Waals surface area contributed by atoms with Gasteiger partial charge in [-0.05, 0) is 55.7 Å². The highest BCUT2D eigenvalue weighted by Crippen LogP contribution is 2.34. The van der Waals surface area contributed by atoms with Crippen molar-refractivity contribution in [2.24, 2.45) is 5.92 Å². The molecular formula is C28H37N3OS. The molecule has 176 valence electrons. The van der Waals surface area contributed by atoms with Crippen molar-refractivity contribution in [2.75, 3.05) is 42.7 Å². The van der Waals surface area contributed by atoms with Crippen molar-refractivity contribution in [3.63, 3.8) is 0 Å². The molecule has 0 aromatic heterocycles. The Morgan fingerprint density at radius 3 is 2.45 bits per heavy atom. The fraction of sp³-hybridized carbons (Fsp3) is 0.536. The summed E-state index contributed by atoms with van der Waals surface area (Å²) in [4.78, 5) is 20.3. The maximum Gasteiger partial charge on any atom is 0.155 e. The molecule has 0 amide bonds. The number of anilines is 2. The summed E-state index contributed by atoms with van der Waals surface area (Å²) in [5, 5.41) is 3.80. The lowest BCUT2D eigenvalue weighted by molar-refractivity contribution is -0.130. The maximum absolute atomic E-state index is 14.0. The molecule has 2 unspecified atom stereocenters. The zero-order valence-electron chi connectivity index (χ0n) is 19.8. The van der Waals surface area contributed by atoms with Gasteiger partial charge in [0.15, 0.2) is 5.78 Å². The number of nitrogens with one attached hydrogen (secondary N) is 1. The lowest BCUT2D eigenvalue weighted by Gasteiger charge is -2.45. The van der Waals surface area contributed by atoms with Gasteiger partial charge in [-0.2, -0.15) is 0 Å². The van der Waals surface area contributed by atoms with Gasteiger partial charge in [-0.15, -0.1) is 11.8 Å². The molecule has 1 aliphatic carbocycles. The Bertz CT molecular complexity index is 950. The second-order valence-electron chi connectivity index (χ2n) is 9.82. The van der Waals surface area contributed by atoms with E-state index in [1.165, 1.54) is 41.1 Å². The van der Waals surface area contributed by atoms with E-state index in [9.17, 15) is 4.79 Å². The molecule has 3 aliphatic rings. The number of thioether (sulfide) groups is 1. The Hall–Kier alpha value is -1.98. The number of rotatable bonds is 6. The standard InChI is InChI=1S/C28H37N3OS/c1-33-26-14-8-7-13-25(26)30-17-19-31(20-18-30)27(28(32)22-10-3-2-4-11-22)24-16-15-21-9-5-6-12-23(21)29-24/h5-9,12-14,22,24,27,29H,2-4,10-11,15-20H2,1H3. The number of fused-ring (bicyclic) bond motifs is 1. The number of ketones is 1. The van der Waals surface area contributed by atoms with Crippen molar-refractivity contribution in [3.05, 3.63) is 54.1 Å². The Morgan fingerprint density at radius 1 is 0.939 bits per heavy atom. The van der Waals surface area contributed by atoms with Gasteiger partial charge in [-0.25, -0.2) is 0 Å². The molecule has 2 aromatic rings. The van der Waals surface area contributed by atoms with Crippen LogP contribution >= 0.6 is 11.8 Å². The summed E-state index contributed by atoms with van der Waals surface area (Å²) in [5.74, 6) is 0.752. The third-order valence-corrected chi connectivity index (χ3v) is 8.68. The molecule has 0 spiro atoms. The minimum atomic E-state index is -0.0144. The first-order chi connectivity index (χ1) is 16.2. The van der Waals surface area contributed by atoms with Crippen LogP contribution in [0.4, 0.5) is 11.4 Å². The molecule has 1 saturated carbocycles. The third kappa shape index (κ3) is 4.95. The van der Waals surface area contributed by atoms with Crippen LogP contribution in [0.15, 0.2) is 53.4 Å². The van der Waals surface area contributed by atoms with Crippen molar-refractivity contribution in [2.45, 2.75) is 61.9 Å². The third-order valence-electron chi connectivity index (χ3n) is 7.90. The predicted octanol–water partition coefficient (Wildman–Crippen LogP) is 5.48. The lowest BCUT2D eigenvalue weighted by Crippen LogP contribution is -2.60. The molecule has 1 N–H and O–H groups in total. The van der Waals surface area contributed by atoms with Gasteiger partial charge in [0, 0.05) is 48.7 Å². The van der Waals surface area contributed by atoms with Gasteiger partial charge in [-0.3, -0.25) is 9.69 Å². The van der Waals surface area contributed by atoms with E-state index in [1.807, 2.05) is 11.8 Å². The van der Waals surface area contributed by atoms with E-state index in [0.29, 0.717) is 5.78 Å². The second kappa shape index (κ2) is 10.5. The van der Waals surface area contributed by atoms with Gasteiger partial charge in [-0.1, -0.05) is 49.6 Å². The second-order valence-corrected chi connectivity index (χ2v) is 10.7.